The molecule has 3 rings (SSSR count). The normalized spacial score (nSPS) is 25.0. The van der Waals surface area contributed by atoms with E-state index >= 15 is 0 Å². The summed E-state index contributed by atoms with van der Waals surface area (Å²) in [5.74, 6) is 1.20. The van der Waals surface area contributed by atoms with Crippen LogP contribution < -0.4 is 4.74 Å². The predicted molar refractivity (Wildman–Crippen MR) is 77.6 cm³/mol. The molecule has 0 N–H and O–H groups in total. The van der Waals surface area contributed by atoms with E-state index in [1.54, 1.807) is 0 Å². The summed E-state index contributed by atoms with van der Waals surface area (Å²) in [6.07, 6.45) is 9.51. The van der Waals surface area contributed by atoms with Gasteiger partial charge in [-0.25, -0.2) is 4.98 Å². The van der Waals surface area contributed by atoms with Crippen LogP contribution in [0.3, 0.4) is 0 Å². The molecule has 0 radical (unpaired) electrons. The second-order valence-corrected chi connectivity index (χ2v) is 6.02. The quantitative estimate of drug-likeness (QED) is 0.839. The molecule has 3 heteroatoms. The summed E-state index contributed by atoms with van der Waals surface area (Å²) >= 11 is 0. The van der Waals surface area contributed by atoms with Crippen molar-refractivity contribution in [3.05, 3.63) is 22.9 Å². The number of ether oxygens (including phenoxy) is 1. The molecule has 106 valence electrons. The van der Waals surface area contributed by atoms with E-state index in [4.69, 9.17) is 4.74 Å². The Kier molecular flexibility index (Phi) is 3.91. The maximum atomic E-state index is 9.33. The first-order valence-corrected chi connectivity index (χ1v) is 7.91. The molecule has 0 aromatic carbocycles. The van der Waals surface area contributed by atoms with Crippen LogP contribution >= 0.6 is 0 Å². The molecule has 0 saturated heterocycles. The number of rotatable bonds is 3. The van der Waals surface area contributed by atoms with Crippen molar-refractivity contribution in [1.82, 2.24) is 4.98 Å². The van der Waals surface area contributed by atoms with Crippen LogP contribution in [0.25, 0.3) is 0 Å². The summed E-state index contributed by atoms with van der Waals surface area (Å²) in [4.78, 5) is 4.64. The van der Waals surface area contributed by atoms with Crippen LogP contribution in [-0.2, 0) is 12.8 Å². The lowest BCUT2D eigenvalue weighted by molar-refractivity contribution is 0.0853. The third-order valence-corrected chi connectivity index (χ3v) is 4.76. The zero-order valence-corrected chi connectivity index (χ0v) is 12.2. The van der Waals surface area contributed by atoms with Crippen molar-refractivity contribution >= 4 is 0 Å². The number of nitrogens with zero attached hydrogens (tertiary/aromatic N) is 2. The Bertz CT molecular complexity index is 533. The van der Waals surface area contributed by atoms with Gasteiger partial charge in [0.1, 0.15) is 17.7 Å². The van der Waals surface area contributed by atoms with E-state index in [0.29, 0.717) is 17.4 Å². The number of pyridine rings is 1. The number of fused-ring (bicyclic) bond motifs is 1. The van der Waals surface area contributed by atoms with Crippen molar-refractivity contribution in [2.75, 3.05) is 0 Å². The van der Waals surface area contributed by atoms with E-state index in [1.807, 2.05) is 6.07 Å². The Hall–Kier alpha value is -1.56. The molecule has 1 fully saturated rings. The lowest BCUT2D eigenvalue weighted by Gasteiger charge is -2.31. The van der Waals surface area contributed by atoms with Gasteiger partial charge in [0, 0.05) is 5.69 Å². The van der Waals surface area contributed by atoms with Gasteiger partial charge >= 0.3 is 0 Å². The van der Waals surface area contributed by atoms with Crippen molar-refractivity contribution in [3.8, 4) is 11.9 Å². The summed E-state index contributed by atoms with van der Waals surface area (Å²) in [5.41, 5.74) is 3.00. The fourth-order valence-electron chi connectivity index (χ4n) is 3.56. The number of aromatic nitrogens is 1. The molecule has 2 aliphatic rings. The van der Waals surface area contributed by atoms with E-state index in [9.17, 15) is 5.26 Å². The summed E-state index contributed by atoms with van der Waals surface area (Å²) in [6.45, 7) is 2.23. The number of hydrogen-bond acceptors (Lipinski definition) is 3. The minimum atomic E-state index is 0.243. The van der Waals surface area contributed by atoms with Crippen molar-refractivity contribution in [2.24, 2.45) is 5.92 Å². The van der Waals surface area contributed by atoms with Crippen molar-refractivity contribution in [1.29, 1.82) is 5.26 Å². The van der Waals surface area contributed by atoms with Crippen LogP contribution in [-0.4, -0.2) is 11.1 Å². The van der Waals surface area contributed by atoms with Gasteiger partial charge in [-0.1, -0.05) is 13.3 Å². The maximum absolute atomic E-state index is 9.33. The molecule has 1 saturated carbocycles. The smallest absolute Gasteiger partial charge is 0.232 e. The Morgan fingerprint density at radius 3 is 2.95 bits per heavy atom. The molecule has 3 nitrogen and oxygen atoms in total. The average Bonchev–Trinajstić information content (AvgIpc) is 2.94. The summed E-state index contributed by atoms with van der Waals surface area (Å²) < 4.78 is 6.17. The maximum Gasteiger partial charge on any atom is 0.232 e. The first-order chi connectivity index (χ1) is 9.81. The topological polar surface area (TPSA) is 45.9 Å². The Morgan fingerprint density at radius 1 is 1.30 bits per heavy atom. The highest BCUT2D eigenvalue weighted by molar-refractivity contribution is 5.44. The molecule has 2 atom stereocenters. The van der Waals surface area contributed by atoms with Gasteiger partial charge < -0.3 is 4.74 Å². The number of nitriles is 1. The van der Waals surface area contributed by atoms with Gasteiger partial charge in [0.25, 0.3) is 0 Å². The van der Waals surface area contributed by atoms with Crippen LogP contribution in [0, 0.1) is 17.2 Å². The summed E-state index contributed by atoms with van der Waals surface area (Å²) in [6, 6.07) is 4.25. The van der Waals surface area contributed by atoms with E-state index < -0.39 is 0 Å². The van der Waals surface area contributed by atoms with Crippen LogP contribution in [0.1, 0.15) is 62.3 Å². The molecule has 0 aliphatic heterocycles. The third kappa shape index (κ3) is 2.52. The number of hydrogen-bond donors (Lipinski definition) is 0. The van der Waals surface area contributed by atoms with Crippen LogP contribution in [0.15, 0.2) is 6.07 Å². The van der Waals surface area contributed by atoms with Gasteiger partial charge in [0.15, 0.2) is 0 Å². The lowest BCUT2D eigenvalue weighted by atomic mass is 9.85. The molecule has 0 spiro atoms. The van der Waals surface area contributed by atoms with Crippen LogP contribution in [0.5, 0.6) is 5.88 Å². The Labute approximate surface area is 121 Å². The SMILES string of the molecule is CCC1CCCCC1Oc1nc2c(cc1C#N)CCC2. The molecule has 20 heavy (non-hydrogen) atoms. The minimum Gasteiger partial charge on any atom is -0.473 e. The molecular weight excluding hydrogens is 248 g/mol. The van der Waals surface area contributed by atoms with Gasteiger partial charge in [-0.2, -0.15) is 5.26 Å². The average molecular weight is 270 g/mol. The van der Waals surface area contributed by atoms with Gasteiger partial charge in [-0.05, 0) is 62.5 Å². The first-order valence-electron chi connectivity index (χ1n) is 7.91. The van der Waals surface area contributed by atoms with E-state index in [-0.39, 0.29) is 6.10 Å². The highest BCUT2D eigenvalue weighted by atomic mass is 16.5. The zero-order chi connectivity index (χ0) is 13.9. The molecule has 2 unspecified atom stereocenters. The van der Waals surface area contributed by atoms with E-state index in [1.165, 1.54) is 24.8 Å². The Morgan fingerprint density at radius 2 is 2.15 bits per heavy atom. The fourth-order valence-corrected chi connectivity index (χ4v) is 3.56. The van der Waals surface area contributed by atoms with Gasteiger partial charge in [0.2, 0.25) is 5.88 Å². The second kappa shape index (κ2) is 5.83. The molecule has 2 aliphatic carbocycles. The zero-order valence-electron chi connectivity index (χ0n) is 12.2. The van der Waals surface area contributed by atoms with E-state index in [2.05, 4.69) is 18.0 Å². The predicted octanol–water partition coefficient (Wildman–Crippen LogP) is 3.79. The molecular formula is C17H22N2O. The van der Waals surface area contributed by atoms with Crippen molar-refractivity contribution in [3.63, 3.8) is 0 Å². The first kappa shape index (κ1) is 13.4. The van der Waals surface area contributed by atoms with Gasteiger partial charge in [-0.3, -0.25) is 0 Å². The largest absolute Gasteiger partial charge is 0.473 e. The molecule has 0 amide bonds. The summed E-state index contributed by atoms with van der Waals surface area (Å²) in [7, 11) is 0. The Balaban J connectivity index is 1.84. The molecule has 0 bridgehead atoms. The monoisotopic (exact) mass is 270 g/mol. The molecule has 1 heterocycles. The standard InChI is InChI=1S/C17H22N2O/c1-2-12-6-3-4-9-16(12)20-17-14(11-18)10-13-7-5-8-15(13)19-17/h10,12,16H,2-9H2,1H3. The highest BCUT2D eigenvalue weighted by Crippen LogP contribution is 2.32. The molecule has 1 aromatic heterocycles. The fraction of sp³-hybridized carbons (Fsp3) is 0.647. The van der Waals surface area contributed by atoms with Crippen molar-refractivity contribution < 1.29 is 4.74 Å². The van der Waals surface area contributed by atoms with Crippen LogP contribution in [0.2, 0.25) is 0 Å². The summed E-state index contributed by atoms with van der Waals surface area (Å²) in [5, 5.41) is 9.33. The van der Waals surface area contributed by atoms with E-state index in [0.717, 1.165) is 37.8 Å². The highest BCUT2D eigenvalue weighted by Gasteiger charge is 2.27. The minimum absolute atomic E-state index is 0.243. The third-order valence-electron chi connectivity index (χ3n) is 4.76. The van der Waals surface area contributed by atoms with Crippen LogP contribution in [0.4, 0.5) is 0 Å². The van der Waals surface area contributed by atoms with Crippen molar-refractivity contribution in [2.45, 2.75) is 64.4 Å². The second-order valence-electron chi connectivity index (χ2n) is 6.02. The number of aryl methyl sites for hydroxylation is 2. The van der Waals surface area contributed by atoms with Gasteiger partial charge in [0.05, 0.1) is 0 Å². The lowest BCUT2D eigenvalue weighted by Crippen LogP contribution is -2.30. The van der Waals surface area contributed by atoms with Gasteiger partial charge in [-0.15, -0.1) is 0 Å². The molecule has 1 aromatic rings.